The number of ether oxygens (including phenoxy) is 1. The van der Waals surface area contributed by atoms with Gasteiger partial charge < -0.3 is 4.74 Å². The summed E-state index contributed by atoms with van der Waals surface area (Å²) in [7, 11) is 1.64. The molecule has 2 rings (SSSR count). The molecule has 0 aliphatic carbocycles. The number of allylic oxidation sites excluding steroid dienone is 2. The molecule has 102 valence electrons. The van der Waals surface area contributed by atoms with Gasteiger partial charge in [0.1, 0.15) is 5.75 Å². The minimum atomic E-state index is 0.0327. The Bertz CT molecular complexity index is 612. The fourth-order valence-corrected chi connectivity index (χ4v) is 2.06. The number of carbonyl (C=O) groups excluding carboxylic acids is 1. The number of hydrogen-bond acceptors (Lipinski definition) is 2. The van der Waals surface area contributed by atoms with Gasteiger partial charge in [-0.15, -0.1) is 0 Å². The van der Waals surface area contributed by atoms with Gasteiger partial charge in [0.25, 0.3) is 0 Å². The Kier molecular flexibility index (Phi) is 4.72. The first-order valence-corrected chi connectivity index (χ1v) is 6.69. The van der Waals surface area contributed by atoms with Crippen molar-refractivity contribution in [3.05, 3.63) is 71.8 Å². The first-order valence-electron chi connectivity index (χ1n) is 6.69. The molecule has 0 aliphatic heterocycles. The highest BCUT2D eigenvalue weighted by molar-refractivity contribution is 6.08. The predicted molar refractivity (Wildman–Crippen MR) is 82.0 cm³/mol. The van der Waals surface area contributed by atoms with Gasteiger partial charge in [0.2, 0.25) is 0 Å². The van der Waals surface area contributed by atoms with E-state index < -0.39 is 0 Å². The summed E-state index contributed by atoms with van der Waals surface area (Å²) in [6.45, 7) is 2.05. The van der Waals surface area contributed by atoms with E-state index in [0.717, 1.165) is 23.3 Å². The second kappa shape index (κ2) is 6.71. The van der Waals surface area contributed by atoms with Crippen LogP contribution in [0.5, 0.6) is 5.75 Å². The lowest BCUT2D eigenvalue weighted by Crippen LogP contribution is -1.96. The molecule has 0 unspecified atom stereocenters. The van der Waals surface area contributed by atoms with E-state index in [1.165, 1.54) is 0 Å². The number of ketones is 1. The van der Waals surface area contributed by atoms with Crippen LogP contribution in [-0.2, 0) is 0 Å². The van der Waals surface area contributed by atoms with Crippen LogP contribution >= 0.6 is 0 Å². The van der Waals surface area contributed by atoms with Crippen molar-refractivity contribution < 1.29 is 9.53 Å². The Morgan fingerprint density at radius 1 is 1.05 bits per heavy atom. The highest BCUT2D eigenvalue weighted by atomic mass is 16.5. The molecule has 0 N–H and O–H groups in total. The van der Waals surface area contributed by atoms with Crippen molar-refractivity contribution in [1.82, 2.24) is 0 Å². The van der Waals surface area contributed by atoms with Crippen molar-refractivity contribution in [3.8, 4) is 5.75 Å². The zero-order chi connectivity index (χ0) is 14.4. The lowest BCUT2D eigenvalue weighted by Gasteiger charge is -2.07. The molecule has 0 atom stereocenters. The molecule has 0 radical (unpaired) electrons. The van der Waals surface area contributed by atoms with Crippen LogP contribution in [0.25, 0.3) is 5.57 Å². The van der Waals surface area contributed by atoms with Gasteiger partial charge in [0.15, 0.2) is 5.78 Å². The highest BCUT2D eigenvalue weighted by Gasteiger charge is 2.06. The molecule has 20 heavy (non-hydrogen) atoms. The van der Waals surface area contributed by atoms with Gasteiger partial charge in [-0.2, -0.15) is 0 Å². The number of benzene rings is 2. The zero-order valence-corrected chi connectivity index (χ0v) is 11.8. The van der Waals surface area contributed by atoms with Crippen molar-refractivity contribution >= 4 is 11.4 Å². The largest absolute Gasteiger partial charge is 0.497 e. The van der Waals surface area contributed by atoms with Gasteiger partial charge in [0.05, 0.1) is 7.11 Å². The SMILES string of the molecule is CC/C(=C\C(=O)c1ccccc1)c1cccc(OC)c1. The average Bonchev–Trinajstić information content (AvgIpc) is 2.53. The lowest BCUT2D eigenvalue weighted by atomic mass is 10.00. The smallest absolute Gasteiger partial charge is 0.186 e. The first-order chi connectivity index (χ1) is 9.74. The Morgan fingerprint density at radius 2 is 1.75 bits per heavy atom. The fourth-order valence-electron chi connectivity index (χ4n) is 2.06. The van der Waals surface area contributed by atoms with E-state index in [4.69, 9.17) is 4.74 Å². The third-order valence-corrected chi connectivity index (χ3v) is 3.19. The van der Waals surface area contributed by atoms with Crippen LogP contribution in [-0.4, -0.2) is 12.9 Å². The van der Waals surface area contributed by atoms with Gasteiger partial charge >= 0.3 is 0 Å². The maximum absolute atomic E-state index is 12.2. The second-order valence-corrected chi connectivity index (χ2v) is 4.49. The summed E-state index contributed by atoms with van der Waals surface area (Å²) in [6.07, 6.45) is 2.51. The molecule has 0 heterocycles. The molecule has 0 saturated heterocycles. The molecule has 2 aromatic carbocycles. The zero-order valence-electron chi connectivity index (χ0n) is 11.8. The van der Waals surface area contributed by atoms with E-state index in [2.05, 4.69) is 0 Å². The fraction of sp³-hybridized carbons (Fsp3) is 0.167. The summed E-state index contributed by atoms with van der Waals surface area (Å²) in [5, 5.41) is 0. The quantitative estimate of drug-likeness (QED) is 0.593. The molecule has 0 spiro atoms. The van der Waals surface area contributed by atoms with Gasteiger partial charge in [-0.25, -0.2) is 0 Å². The third kappa shape index (κ3) is 3.35. The van der Waals surface area contributed by atoms with E-state index in [-0.39, 0.29) is 5.78 Å². The summed E-state index contributed by atoms with van der Waals surface area (Å²) in [5.41, 5.74) is 2.75. The number of rotatable bonds is 5. The van der Waals surface area contributed by atoms with Crippen LogP contribution in [0.15, 0.2) is 60.7 Å². The summed E-state index contributed by atoms with van der Waals surface area (Å²) >= 11 is 0. The van der Waals surface area contributed by atoms with E-state index in [1.807, 2.05) is 61.5 Å². The first kappa shape index (κ1) is 14.1. The van der Waals surface area contributed by atoms with Crippen LogP contribution in [0.4, 0.5) is 0 Å². The predicted octanol–water partition coefficient (Wildman–Crippen LogP) is 4.37. The maximum atomic E-state index is 12.2. The summed E-state index contributed by atoms with van der Waals surface area (Å²) in [5.74, 6) is 0.833. The topological polar surface area (TPSA) is 26.3 Å². The van der Waals surface area contributed by atoms with Gasteiger partial charge in [0, 0.05) is 5.56 Å². The minimum absolute atomic E-state index is 0.0327. The maximum Gasteiger partial charge on any atom is 0.186 e. The van der Waals surface area contributed by atoms with Crippen LogP contribution in [0.1, 0.15) is 29.3 Å². The Morgan fingerprint density at radius 3 is 2.40 bits per heavy atom. The highest BCUT2D eigenvalue weighted by Crippen LogP contribution is 2.23. The van der Waals surface area contributed by atoms with Crippen LogP contribution in [0.3, 0.4) is 0 Å². The monoisotopic (exact) mass is 266 g/mol. The standard InChI is InChI=1S/C18H18O2/c1-3-14(16-10-7-11-17(12-16)20-2)13-18(19)15-8-5-4-6-9-15/h4-13H,3H2,1-2H3/b14-13+. The second-order valence-electron chi connectivity index (χ2n) is 4.49. The molecule has 0 amide bonds. The van der Waals surface area contributed by atoms with Crippen molar-refractivity contribution in [2.45, 2.75) is 13.3 Å². The van der Waals surface area contributed by atoms with E-state index >= 15 is 0 Å². The average molecular weight is 266 g/mol. The molecule has 0 aliphatic rings. The van der Waals surface area contributed by atoms with Crippen LogP contribution < -0.4 is 4.74 Å². The molecule has 0 bridgehead atoms. The summed E-state index contributed by atoms with van der Waals surface area (Å²) in [6, 6.07) is 17.1. The van der Waals surface area contributed by atoms with E-state index in [0.29, 0.717) is 5.56 Å². The molecule has 2 aromatic rings. The summed E-state index contributed by atoms with van der Waals surface area (Å²) in [4.78, 5) is 12.2. The van der Waals surface area contributed by atoms with Gasteiger partial charge in [-0.05, 0) is 35.8 Å². The van der Waals surface area contributed by atoms with Crippen molar-refractivity contribution in [3.63, 3.8) is 0 Å². The van der Waals surface area contributed by atoms with E-state index in [9.17, 15) is 4.79 Å². The Labute approximate surface area is 119 Å². The molecule has 2 nitrogen and oxygen atoms in total. The summed E-state index contributed by atoms with van der Waals surface area (Å²) < 4.78 is 5.23. The number of carbonyl (C=O) groups is 1. The third-order valence-electron chi connectivity index (χ3n) is 3.19. The van der Waals surface area contributed by atoms with Gasteiger partial charge in [-0.1, -0.05) is 49.4 Å². The van der Waals surface area contributed by atoms with Crippen molar-refractivity contribution in [1.29, 1.82) is 0 Å². The van der Waals surface area contributed by atoms with Crippen LogP contribution in [0.2, 0.25) is 0 Å². The molecule has 0 saturated carbocycles. The molecule has 0 fully saturated rings. The van der Waals surface area contributed by atoms with Crippen molar-refractivity contribution in [2.75, 3.05) is 7.11 Å². The van der Waals surface area contributed by atoms with Gasteiger partial charge in [-0.3, -0.25) is 4.79 Å². The van der Waals surface area contributed by atoms with Crippen molar-refractivity contribution in [2.24, 2.45) is 0 Å². The lowest BCUT2D eigenvalue weighted by molar-refractivity contribution is 0.104. The minimum Gasteiger partial charge on any atom is -0.497 e. The van der Waals surface area contributed by atoms with E-state index in [1.54, 1.807) is 13.2 Å². The molecular weight excluding hydrogens is 248 g/mol. The normalized spacial score (nSPS) is 11.2. The molecular formula is C18H18O2. The number of methoxy groups -OCH3 is 1. The number of hydrogen-bond donors (Lipinski definition) is 0. The molecule has 0 aromatic heterocycles. The Balaban J connectivity index is 2.31. The molecule has 2 heteroatoms. The Hall–Kier alpha value is -2.35. The van der Waals surface area contributed by atoms with Crippen LogP contribution in [0, 0.1) is 0 Å².